The number of hydrogen-bond acceptors (Lipinski definition) is 7. The molecule has 1 heterocycles. The average Bonchev–Trinajstić information content (AvgIpc) is 3.44. The van der Waals surface area contributed by atoms with E-state index < -0.39 is 17.1 Å². The molecule has 0 spiro atoms. The van der Waals surface area contributed by atoms with E-state index in [4.69, 9.17) is 0 Å². The Morgan fingerprint density at radius 2 is 1.66 bits per heavy atom. The van der Waals surface area contributed by atoms with Crippen molar-refractivity contribution in [1.29, 1.82) is 5.26 Å². The highest BCUT2D eigenvalue weighted by Gasteiger charge is 2.45. The first-order valence-corrected chi connectivity index (χ1v) is 16.2. The van der Waals surface area contributed by atoms with Crippen molar-refractivity contribution in [1.82, 2.24) is 35.6 Å². The first-order chi connectivity index (χ1) is 22.3. The topological polar surface area (TPSA) is 150 Å². The molecule has 1 aromatic heterocycles. The second-order valence-corrected chi connectivity index (χ2v) is 13.2. The molecule has 47 heavy (non-hydrogen) atoms. The van der Waals surface area contributed by atoms with Crippen LogP contribution >= 0.6 is 0 Å². The molecular formula is C36H48N8O3. The number of aryl methyl sites for hydroxylation is 2. The van der Waals surface area contributed by atoms with E-state index in [9.17, 15) is 19.6 Å². The van der Waals surface area contributed by atoms with Gasteiger partial charge in [0.15, 0.2) is 0 Å². The maximum absolute atomic E-state index is 13.0. The van der Waals surface area contributed by atoms with Crippen LogP contribution in [-0.4, -0.2) is 83.6 Å². The summed E-state index contributed by atoms with van der Waals surface area (Å²) in [4.78, 5) is 45.1. The van der Waals surface area contributed by atoms with Gasteiger partial charge in [-0.05, 0) is 84.5 Å². The van der Waals surface area contributed by atoms with Gasteiger partial charge >= 0.3 is 5.69 Å². The fourth-order valence-corrected chi connectivity index (χ4v) is 6.48. The average molecular weight is 641 g/mol. The third-order valence-corrected chi connectivity index (χ3v) is 9.27. The predicted octanol–water partition coefficient (Wildman–Crippen LogP) is 3.58. The summed E-state index contributed by atoms with van der Waals surface area (Å²) in [6.07, 6.45) is 3.33. The maximum Gasteiger partial charge on any atom is 0.340 e. The molecule has 3 aromatic rings. The van der Waals surface area contributed by atoms with E-state index in [1.54, 1.807) is 19.0 Å². The molecule has 2 aromatic carbocycles. The normalized spacial score (nSPS) is 17.2. The van der Waals surface area contributed by atoms with E-state index in [1.165, 1.54) is 0 Å². The van der Waals surface area contributed by atoms with Crippen LogP contribution in [0.3, 0.4) is 0 Å². The second kappa shape index (κ2) is 14.8. The number of nitrogens with one attached hydrogen (secondary N) is 4. The molecule has 1 aliphatic carbocycles. The smallest absolute Gasteiger partial charge is 0.340 e. The summed E-state index contributed by atoms with van der Waals surface area (Å²) >= 11 is 0. The Morgan fingerprint density at radius 1 is 1.04 bits per heavy atom. The van der Waals surface area contributed by atoms with Gasteiger partial charge in [0.25, 0.3) is 5.91 Å². The van der Waals surface area contributed by atoms with Crippen LogP contribution in [0.25, 0.3) is 5.70 Å². The van der Waals surface area contributed by atoms with Crippen molar-refractivity contribution in [2.75, 3.05) is 34.7 Å². The number of rotatable bonds is 13. The van der Waals surface area contributed by atoms with Crippen LogP contribution < -0.4 is 16.3 Å². The third kappa shape index (κ3) is 7.66. The minimum Gasteiger partial charge on any atom is -0.378 e. The van der Waals surface area contributed by atoms with Crippen LogP contribution in [0.5, 0.6) is 0 Å². The second-order valence-electron chi connectivity index (χ2n) is 13.2. The molecule has 0 fully saturated rings. The highest BCUT2D eigenvalue weighted by molar-refractivity contribution is 5.94. The monoisotopic (exact) mass is 640 g/mol. The largest absolute Gasteiger partial charge is 0.378 e. The number of benzene rings is 2. The van der Waals surface area contributed by atoms with Crippen LogP contribution in [-0.2, 0) is 23.1 Å². The number of carbonyl (C=O) groups excluding carboxylic acids is 2. The van der Waals surface area contributed by atoms with E-state index in [0.29, 0.717) is 43.0 Å². The van der Waals surface area contributed by atoms with Crippen molar-refractivity contribution in [3.63, 3.8) is 0 Å². The maximum atomic E-state index is 13.0. The molecule has 11 nitrogen and oxygen atoms in total. The van der Waals surface area contributed by atoms with Crippen molar-refractivity contribution in [2.45, 2.75) is 70.4 Å². The van der Waals surface area contributed by atoms with Gasteiger partial charge in [-0.2, -0.15) is 10.4 Å². The number of aromatic nitrogens is 3. The Balaban J connectivity index is 1.81. The lowest BCUT2D eigenvalue weighted by molar-refractivity contribution is -0.120. The molecule has 2 unspecified atom stereocenters. The van der Waals surface area contributed by atoms with E-state index in [1.807, 2.05) is 50.2 Å². The molecule has 0 bridgehead atoms. The number of amides is 2. The summed E-state index contributed by atoms with van der Waals surface area (Å²) in [6, 6.07) is 13.5. The Labute approximate surface area is 277 Å². The van der Waals surface area contributed by atoms with Gasteiger partial charge in [0.1, 0.15) is 11.9 Å². The number of hydrogen-bond donors (Lipinski definition) is 4. The number of carbonyl (C=O) groups is 2. The van der Waals surface area contributed by atoms with Crippen molar-refractivity contribution in [2.24, 2.45) is 5.92 Å². The number of H-pyrrole nitrogens is 2. The van der Waals surface area contributed by atoms with E-state index in [0.717, 1.165) is 39.9 Å². The van der Waals surface area contributed by atoms with Gasteiger partial charge in [-0.3, -0.25) is 14.6 Å². The number of aromatic amines is 2. The summed E-state index contributed by atoms with van der Waals surface area (Å²) in [5.74, 6) is 0.424. The minimum atomic E-state index is -0.938. The van der Waals surface area contributed by atoms with Crippen LogP contribution in [0.15, 0.2) is 47.8 Å². The van der Waals surface area contributed by atoms with Gasteiger partial charge in [0.2, 0.25) is 5.91 Å². The van der Waals surface area contributed by atoms with Gasteiger partial charge in [0, 0.05) is 45.5 Å². The third-order valence-electron chi connectivity index (χ3n) is 9.27. The quantitative estimate of drug-likeness (QED) is 0.223. The molecule has 11 heteroatoms. The Kier molecular flexibility index (Phi) is 11.1. The standard InChI is InChI=1S/C36H48N8O3/c1-9-22(2)16-29(20-37)39-32(45)21-38-23(3)19-36(34-40-35(47)42-41-34)30-14-12-25(24(4)43(5)6)17-26(30)10-11-27-18-28(13-15-31(27)36)33(46)44(7)8/h12-15,17-18,22-23,29,38H,4,9-11,16,19,21H2,1-3,5-8H3,(H,39,45)(H2,40,41,42,47)/t22-,23-,29?,36?/m0/s1. The minimum absolute atomic E-state index is 0.0185. The van der Waals surface area contributed by atoms with Crippen molar-refractivity contribution in [3.05, 3.63) is 92.7 Å². The van der Waals surface area contributed by atoms with Crippen molar-refractivity contribution < 1.29 is 9.59 Å². The molecule has 4 rings (SSSR count). The number of fused-ring (bicyclic) bond motifs is 2. The van der Waals surface area contributed by atoms with E-state index >= 15 is 0 Å². The van der Waals surface area contributed by atoms with Gasteiger partial charge in [-0.25, -0.2) is 9.89 Å². The first-order valence-electron chi connectivity index (χ1n) is 16.2. The molecule has 2 amide bonds. The Bertz CT molecular complexity index is 1640. The summed E-state index contributed by atoms with van der Waals surface area (Å²) in [6.45, 7) is 10.4. The summed E-state index contributed by atoms with van der Waals surface area (Å²) in [5.41, 5.74) is 5.06. The summed E-state index contributed by atoms with van der Waals surface area (Å²) in [7, 11) is 7.38. The van der Waals surface area contributed by atoms with Gasteiger partial charge in [-0.15, -0.1) is 0 Å². The van der Waals surface area contributed by atoms with Gasteiger partial charge < -0.3 is 20.4 Å². The van der Waals surface area contributed by atoms with Crippen molar-refractivity contribution >= 4 is 17.5 Å². The lowest BCUT2D eigenvalue weighted by Gasteiger charge is -2.37. The molecule has 0 radical (unpaired) electrons. The number of nitriles is 1. The molecule has 1 aliphatic rings. The zero-order valence-corrected chi connectivity index (χ0v) is 28.7. The lowest BCUT2D eigenvalue weighted by atomic mass is 9.67. The van der Waals surface area contributed by atoms with Crippen LogP contribution in [0.4, 0.5) is 0 Å². The highest BCUT2D eigenvalue weighted by atomic mass is 16.2. The number of nitrogens with zero attached hydrogens (tertiary/aromatic N) is 4. The molecule has 4 N–H and O–H groups in total. The molecule has 4 atom stereocenters. The Morgan fingerprint density at radius 3 is 2.19 bits per heavy atom. The highest BCUT2D eigenvalue weighted by Crippen LogP contribution is 2.47. The fraction of sp³-hybridized carbons (Fsp3) is 0.472. The zero-order valence-electron chi connectivity index (χ0n) is 28.7. The molecule has 0 aliphatic heterocycles. The van der Waals surface area contributed by atoms with Crippen LogP contribution in [0.2, 0.25) is 0 Å². The lowest BCUT2D eigenvalue weighted by Crippen LogP contribution is -2.45. The zero-order chi connectivity index (χ0) is 34.5. The SMILES string of the molecule is C=C(c1ccc2c(c1)CCc1cc(C(=O)N(C)C)ccc1C2(C[C@H](C)NCC(=O)NC(C#N)C[C@@H](C)CC)c1n[nH]c(=O)[nH]1)N(C)C. The van der Waals surface area contributed by atoms with E-state index in [-0.39, 0.29) is 24.4 Å². The summed E-state index contributed by atoms with van der Waals surface area (Å²) < 4.78 is 0. The Hall–Kier alpha value is -4.69. The predicted molar refractivity (Wildman–Crippen MR) is 184 cm³/mol. The van der Waals surface area contributed by atoms with Gasteiger partial charge in [0.05, 0.1) is 18.0 Å². The summed E-state index contributed by atoms with van der Waals surface area (Å²) in [5, 5.41) is 22.9. The van der Waals surface area contributed by atoms with E-state index in [2.05, 4.69) is 64.4 Å². The van der Waals surface area contributed by atoms with Crippen molar-refractivity contribution in [3.8, 4) is 6.07 Å². The van der Waals surface area contributed by atoms with Crippen LogP contribution in [0.1, 0.15) is 84.0 Å². The molecule has 0 saturated heterocycles. The fourth-order valence-electron chi connectivity index (χ4n) is 6.48. The van der Waals surface area contributed by atoms with Gasteiger partial charge in [-0.1, -0.05) is 45.0 Å². The molecule has 250 valence electrons. The first kappa shape index (κ1) is 35.2. The van der Waals surface area contributed by atoms with Crippen LogP contribution in [0, 0.1) is 17.2 Å². The molecular weight excluding hydrogens is 592 g/mol. The molecule has 0 saturated carbocycles.